The number of alkyl halides is 2. The molecule has 1 N–H and O–H groups in total. The zero-order valence-electron chi connectivity index (χ0n) is 12.4. The molecule has 7 nitrogen and oxygen atoms in total. The molecule has 0 bridgehead atoms. The number of fused-ring (bicyclic) bond motifs is 1. The number of nitrogens with one attached hydrogen (secondary N) is 1. The van der Waals surface area contributed by atoms with Crippen LogP contribution in [0.5, 0.6) is 0 Å². The molecule has 122 valence electrons. The fourth-order valence-electron chi connectivity index (χ4n) is 3.24. The lowest BCUT2D eigenvalue weighted by Crippen LogP contribution is -2.59. The third kappa shape index (κ3) is 2.44. The molecule has 0 aliphatic carbocycles. The number of aromatic nitrogens is 4. The molecule has 0 unspecified atom stereocenters. The highest BCUT2D eigenvalue weighted by Gasteiger charge is 2.44. The van der Waals surface area contributed by atoms with Gasteiger partial charge in [0.2, 0.25) is 5.91 Å². The standard InChI is InChI=1S/C14H16F2N6O/c15-10(16)6-22-13-9(4-19-22)18-5-11(20-13)21-2-1-14(3-12(21)23)7-17-8-14/h4-5,10,17H,1-3,6-8H2. The van der Waals surface area contributed by atoms with Gasteiger partial charge in [-0.3, -0.25) is 9.69 Å². The lowest BCUT2D eigenvalue weighted by atomic mass is 9.73. The summed E-state index contributed by atoms with van der Waals surface area (Å²) in [5.74, 6) is 0.409. The molecule has 2 aliphatic rings. The minimum atomic E-state index is -2.52. The molecule has 2 aromatic rings. The van der Waals surface area contributed by atoms with Gasteiger partial charge >= 0.3 is 0 Å². The van der Waals surface area contributed by atoms with Crippen molar-refractivity contribution in [1.29, 1.82) is 0 Å². The minimum absolute atomic E-state index is 0.00586. The Kier molecular flexibility index (Phi) is 3.26. The molecule has 0 radical (unpaired) electrons. The van der Waals surface area contributed by atoms with Crippen LogP contribution >= 0.6 is 0 Å². The fraction of sp³-hybridized carbons (Fsp3) is 0.571. The molecule has 2 fully saturated rings. The number of amides is 1. The van der Waals surface area contributed by atoms with Crippen LogP contribution in [-0.4, -0.2) is 51.7 Å². The second kappa shape index (κ2) is 5.19. The van der Waals surface area contributed by atoms with Gasteiger partial charge in [0.05, 0.1) is 12.4 Å². The van der Waals surface area contributed by atoms with Gasteiger partial charge in [-0.15, -0.1) is 0 Å². The van der Waals surface area contributed by atoms with E-state index in [1.54, 1.807) is 4.90 Å². The van der Waals surface area contributed by atoms with Gasteiger partial charge in [0.25, 0.3) is 6.43 Å². The molecule has 23 heavy (non-hydrogen) atoms. The van der Waals surface area contributed by atoms with Crippen molar-refractivity contribution in [2.75, 3.05) is 24.5 Å². The van der Waals surface area contributed by atoms with E-state index in [1.165, 1.54) is 12.4 Å². The summed E-state index contributed by atoms with van der Waals surface area (Å²) >= 11 is 0. The number of carbonyl (C=O) groups excluding carboxylic acids is 1. The second-order valence-electron chi connectivity index (χ2n) is 6.23. The van der Waals surface area contributed by atoms with Gasteiger partial charge < -0.3 is 5.32 Å². The van der Waals surface area contributed by atoms with Crippen molar-refractivity contribution in [3.8, 4) is 0 Å². The summed E-state index contributed by atoms with van der Waals surface area (Å²) in [4.78, 5) is 22.6. The van der Waals surface area contributed by atoms with E-state index in [0.717, 1.165) is 24.2 Å². The van der Waals surface area contributed by atoms with Crippen molar-refractivity contribution in [3.05, 3.63) is 12.4 Å². The van der Waals surface area contributed by atoms with E-state index in [0.29, 0.717) is 24.3 Å². The summed E-state index contributed by atoms with van der Waals surface area (Å²) in [6.07, 6.45) is 1.77. The van der Waals surface area contributed by atoms with Crippen LogP contribution in [0.25, 0.3) is 11.2 Å². The number of hydrogen-bond donors (Lipinski definition) is 1. The van der Waals surface area contributed by atoms with Gasteiger partial charge in [-0.2, -0.15) is 5.10 Å². The quantitative estimate of drug-likeness (QED) is 0.905. The predicted molar refractivity (Wildman–Crippen MR) is 78.2 cm³/mol. The Morgan fingerprint density at radius 3 is 2.83 bits per heavy atom. The average molecular weight is 322 g/mol. The molecule has 1 amide bonds. The molecular formula is C14H16F2N6O. The molecule has 2 aromatic heterocycles. The Morgan fingerprint density at radius 2 is 2.17 bits per heavy atom. The zero-order valence-corrected chi connectivity index (χ0v) is 12.4. The maximum atomic E-state index is 12.6. The maximum Gasteiger partial charge on any atom is 0.258 e. The lowest BCUT2D eigenvalue weighted by molar-refractivity contribution is -0.124. The molecule has 0 aromatic carbocycles. The summed E-state index contributed by atoms with van der Waals surface area (Å²) in [5.41, 5.74) is 0.808. The molecule has 1 spiro atoms. The fourth-order valence-corrected chi connectivity index (χ4v) is 3.24. The van der Waals surface area contributed by atoms with Gasteiger partial charge in [0, 0.05) is 31.5 Å². The molecule has 4 heterocycles. The molecule has 2 aliphatic heterocycles. The zero-order chi connectivity index (χ0) is 16.0. The first-order valence-electron chi connectivity index (χ1n) is 7.54. The molecule has 0 atom stereocenters. The molecule has 2 saturated heterocycles. The monoisotopic (exact) mass is 322 g/mol. The Bertz CT molecular complexity index is 757. The molecule has 9 heteroatoms. The second-order valence-corrected chi connectivity index (χ2v) is 6.23. The Balaban J connectivity index is 1.62. The van der Waals surface area contributed by atoms with Crippen LogP contribution in [0, 0.1) is 5.41 Å². The first-order valence-corrected chi connectivity index (χ1v) is 7.54. The summed E-state index contributed by atoms with van der Waals surface area (Å²) < 4.78 is 26.3. The summed E-state index contributed by atoms with van der Waals surface area (Å²) in [5, 5.41) is 7.10. The number of halogens is 2. The van der Waals surface area contributed by atoms with Gasteiger partial charge in [-0.1, -0.05) is 0 Å². The predicted octanol–water partition coefficient (Wildman–Crippen LogP) is 0.808. The Morgan fingerprint density at radius 1 is 1.35 bits per heavy atom. The minimum Gasteiger partial charge on any atom is -0.315 e. The van der Waals surface area contributed by atoms with Crippen molar-refractivity contribution >= 4 is 22.9 Å². The number of rotatable bonds is 3. The topological polar surface area (TPSA) is 75.9 Å². The van der Waals surface area contributed by atoms with Crippen molar-refractivity contribution in [1.82, 2.24) is 25.1 Å². The normalized spacial score (nSPS) is 20.5. The number of nitrogens with zero attached hydrogens (tertiary/aromatic N) is 5. The van der Waals surface area contributed by atoms with Crippen molar-refractivity contribution < 1.29 is 13.6 Å². The van der Waals surface area contributed by atoms with Crippen LogP contribution < -0.4 is 10.2 Å². The number of carbonyl (C=O) groups is 1. The van der Waals surface area contributed by atoms with Crippen LogP contribution in [0.4, 0.5) is 14.6 Å². The third-order valence-corrected chi connectivity index (χ3v) is 4.61. The van der Waals surface area contributed by atoms with E-state index in [9.17, 15) is 13.6 Å². The van der Waals surface area contributed by atoms with Crippen LogP contribution in [0.3, 0.4) is 0 Å². The highest BCUT2D eigenvalue weighted by atomic mass is 19.3. The highest BCUT2D eigenvalue weighted by molar-refractivity contribution is 5.94. The van der Waals surface area contributed by atoms with Gasteiger partial charge in [-0.05, 0) is 6.42 Å². The Labute approximate surface area is 130 Å². The summed E-state index contributed by atoms with van der Waals surface area (Å²) in [7, 11) is 0. The SMILES string of the molecule is O=C1CC2(CCN1c1cnc3cnn(CC(F)F)c3n1)CNC2. The van der Waals surface area contributed by atoms with E-state index in [1.807, 2.05) is 0 Å². The van der Waals surface area contributed by atoms with E-state index in [4.69, 9.17) is 0 Å². The molecular weight excluding hydrogens is 306 g/mol. The number of hydrogen-bond acceptors (Lipinski definition) is 5. The number of anilines is 1. The van der Waals surface area contributed by atoms with Crippen molar-refractivity contribution in [2.45, 2.75) is 25.8 Å². The number of piperidine rings is 1. The van der Waals surface area contributed by atoms with Crippen LogP contribution in [0.15, 0.2) is 12.4 Å². The molecule has 4 rings (SSSR count). The highest BCUT2D eigenvalue weighted by Crippen LogP contribution is 2.36. The van der Waals surface area contributed by atoms with Crippen molar-refractivity contribution in [3.63, 3.8) is 0 Å². The lowest BCUT2D eigenvalue weighted by Gasteiger charge is -2.47. The van der Waals surface area contributed by atoms with E-state index in [2.05, 4.69) is 20.4 Å². The van der Waals surface area contributed by atoms with Gasteiger partial charge in [0.1, 0.15) is 12.1 Å². The van der Waals surface area contributed by atoms with Crippen LogP contribution in [-0.2, 0) is 11.3 Å². The summed E-state index contributed by atoms with van der Waals surface area (Å²) in [6, 6.07) is 0. The van der Waals surface area contributed by atoms with Gasteiger partial charge in [-0.25, -0.2) is 23.4 Å². The van der Waals surface area contributed by atoms with E-state index in [-0.39, 0.29) is 17.0 Å². The summed E-state index contributed by atoms with van der Waals surface area (Å²) in [6.45, 7) is 1.78. The average Bonchev–Trinajstić information content (AvgIpc) is 2.87. The van der Waals surface area contributed by atoms with Crippen LogP contribution in [0.2, 0.25) is 0 Å². The molecule has 0 saturated carbocycles. The van der Waals surface area contributed by atoms with Gasteiger partial charge in [0.15, 0.2) is 11.5 Å². The van der Waals surface area contributed by atoms with E-state index < -0.39 is 13.0 Å². The van der Waals surface area contributed by atoms with E-state index >= 15 is 0 Å². The first-order chi connectivity index (χ1) is 11.1. The van der Waals surface area contributed by atoms with Crippen LogP contribution in [0.1, 0.15) is 12.8 Å². The first kappa shape index (κ1) is 14.4. The largest absolute Gasteiger partial charge is 0.315 e. The van der Waals surface area contributed by atoms with Crippen molar-refractivity contribution in [2.24, 2.45) is 5.41 Å². The third-order valence-electron chi connectivity index (χ3n) is 4.61. The smallest absolute Gasteiger partial charge is 0.258 e. The Hall–Kier alpha value is -2.16. The maximum absolute atomic E-state index is 12.6.